The second kappa shape index (κ2) is 4.78. The number of nitrogens with two attached hydrogens (primary N) is 1. The fourth-order valence-electron chi connectivity index (χ4n) is 1.56. The molecule has 2 N–H and O–H groups in total. The Balaban J connectivity index is 3.11. The molecule has 1 aromatic rings. The van der Waals surface area contributed by atoms with Crippen LogP contribution in [0, 0.1) is 0 Å². The Morgan fingerprint density at radius 2 is 2.06 bits per heavy atom. The van der Waals surface area contributed by atoms with Crippen molar-refractivity contribution in [3.63, 3.8) is 0 Å². The van der Waals surface area contributed by atoms with Crippen molar-refractivity contribution in [2.24, 2.45) is 5.73 Å². The maximum Gasteiger partial charge on any atom is 0.270 e. The van der Waals surface area contributed by atoms with Gasteiger partial charge in [-0.3, -0.25) is 0 Å². The predicted molar refractivity (Wildman–Crippen MR) is 59.9 cm³/mol. The quantitative estimate of drug-likeness (QED) is 0.861. The van der Waals surface area contributed by atoms with Crippen LogP contribution in [0.1, 0.15) is 25.0 Å². The Kier molecular flexibility index (Phi) is 3.86. The predicted octanol–water partition coefficient (Wildman–Crippen LogP) is 2.70. The molecule has 0 radical (unpaired) electrons. The van der Waals surface area contributed by atoms with E-state index >= 15 is 0 Å². The molecule has 1 aromatic carbocycles. The van der Waals surface area contributed by atoms with Crippen LogP contribution >= 0.6 is 0 Å². The van der Waals surface area contributed by atoms with Gasteiger partial charge in [-0.15, -0.1) is 0 Å². The summed E-state index contributed by atoms with van der Waals surface area (Å²) >= 11 is 0. The highest BCUT2D eigenvalue weighted by Gasteiger charge is 2.25. The molecule has 16 heavy (non-hydrogen) atoms. The minimum absolute atomic E-state index is 0.0102. The van der Waals surface area contributed by atoms with E-state index in [0.717, 1.165) is 12.5 Å². The van der Waals surface area contributed by atoms with E-state index in [4.69, 9.17) is 10.5 Å². The van der Waals surface area contributed by atoms with Gasteiger partial charge in [0, 0.05) is 18.5 Å². The molecule has 1 atom stereocenters. The second-order valence-corrected chi connectivity index (χ2v) is 4.10. The van der Waals surface area contributed by atoms with Gasteiger partial charge in [0.2, 0.25) is 0 Å². The molecule has 0 amide bonds. The van der Waals surface area contributed by atoms with Crippen LogP contribution in [-0.2, 0) is 12.3 Å². The zero-order valence-electron chi connectivity index (χ0n) is 9.76. The highest BCUT2D eigenvalue weighted by molar-refractivity contribution is 5.39. The molecule has 1 rings (SSSR count). The van der Waals surface area contributed by atoms with Crippen molar-refractivity contribution in [3.05, 3.63) is 29.3 Å². The van der Waals surface area contributed by atoms with Gasteiger partial charge >= 0.3 is 0 Å². The molecule has 0 aliphatic rings. The lowest BCUT2D eigenvalue weighted by Gasteiger charge is -2.16. The lowest BCUT2D eigenvalue weighted by molar-refractivity contribution is 0.0173. The molecule has 4 heteroatoms. The lowest BCUT2D eigenvalue weighted by Crippen LogP contribution is -2.19. The topological polar surface area (TPSA) is 35.2 Å². The van der Waals surface area contributed by atoms with E-state index in [1.165, 1.54) is 19.2 Å². The normalized spacial score (nSPS) is 13.6. The van der Waals surface area contributed by atoms with Crippen LogP contribution in [0.3, 0.4) is 0 Å². The van der Waals surface area contributed by atoms with Crippen molar-refractivity contribution in [2.75, 3.05) is 7.11 Å². The van der Waals surface area contributed by atoms with Crippen LogP contribution in [-0.4, -0.2) is 13.2 Å². The number of hydrogen-bond donors (Lipinski definition) is 1. The van der Waals surface area contributed by atoms with Gasteiger partial charge in [-0.25, -0.2) is 8.78 Å². The summed E-state index contributed by atoms with van der Waals surface area (Å²) in [6, 6.07) is 4.31. The molecule has 0 saturated carbocycles. The summed E-state index contributed by atoms with van der Waals surface area (Å²) in [6.07, 6.45) is 0.521. The van der Waals surface area contributed by atoms with Crippen molar-refractivity contribution >= 4 is 0 Å². The molecular weight excluding hydrogens is 212 g/mol. The fourth-order valence-corrected chi connectivity index (χ4v) is 1.56. The van der Waals surface area contributed by atoms with E-state index in [1.54, 1.807) is 6.07 Å². The van der Waals surface area contributed by atoms with Crippen molar-refractivity contribution in [1.29, 1.82) is 0 Å². The van der Waals surface area contributed by atoms with E-state index < -0.39 is 5.92 Å². The van der Waals surface area contributed by atoms with Crippen molar-refractivity contribution < 1.29 is 13.5 Å². The lowest BCUT2D eigenvalue weighted by atomic mass is 10.0. The van der Waals surface area contributed by atoms with Gasteiger partial charge in [-0.1, -0.05) is 0 Å². The van der Waals surface area contributed by atoms with Crippen LogP contribution in [0.2, 0.25) is 0 Å². The molecule has 0 aliphatic carbocycles. The van der Waals surface area contributed by atoms with Crippen LogP contribution in [0.5, 0.6) is 5.75 Å². The van der Waals surface area contributed by atoms with Gasteiger partial charge in [0.25, 0.3) is 5.92 Å². The molecule has 0 spiro atoms. The molecule has 1 unspecified atom stereocenters. The Morgan fingerprint density at radius 1 is 1.44 bits per heavy atom. The average molecular weight is 229 g/mol. The maximum absolute atomic E-state index is 13.1. The number of ether oxygens (including phenoxy) is 1. The average Bonchev–Trinajstić information content (AvgIpc) is 2.15. The summed E-state index contributed by atoms with van der Waals surface area (Å²) in [5.41, 5.74) is 6.37. The van der Waals surface area contributed by atoms with Crippen molar-refractivity contribution in [3.8, 4) is 5.75 Å². The summed E-state index contributed by atoms with van der Waals surface area (Å²) in [5, 5.41) is 0. The van der Waals surface area contributed by atoms with Gasteiger partial charge < -0.3 is 10.5 Å². The number of methoxy groups -OCH3 is 1. The van der Waals surface area contributed by atoms with Crippen LogP contribution in [0.4, 0.5) is 8.78 Å². The summed E-state index contributed by atoms with van der Waals surface area (Å²) in [6.45, 7) is 2.71. The molecule has 0 fully saturated rings. The number of halogens is 2. The first-order valence-corrected chi connectivity index (χ1v) is 5.15. The summed E-state index contributed by atoms with van der Waals surface area (Å²) in [5.74, 6) is -2.23. The van der Waals surface area contributed by atoms with E-state index in [0.29, 0.717) is 12.2 Å². The fraction of sp³-hybridized carbons (Fsp3) is 0.500. The van der Waals surface area contributed by atoms with E-state index in [9.17, 15) is 8.78 Å². The minimum Gasteiger partial charge on any atom is -0.496 e. The van der Waals surface area contributed by atoms with Gasteiger partial charge in [0.15, 0.2) is 0 Å². The molecule has 0 bridgehead atoms. The summed E-state index contributed by atoms with van der Waals surface area (Å²) in [7, 11) is 1.52. The van der Waals surface area contributed by atoms with Gasteiger partial charge in [0.1, 0.15) is 5.75 Å². The Bertz CT molecular complexity index is 359. The standard InChI is InChI=1S/C12H17F2NO/c1-8(15)6-9-7-10(12(2,13)14)4-5-11(9)16-3/h4-5,7-8H,6,15H2,1-3H3. The first kappa shape index (κ1) is 12.9. The second-order valence-electron chi connectivity index (χ2n) is 4.10. The van der Waals surface area contributed by atoms with E-state index in [1.807, 2.05) is 6.92 Å². The largest absolute Gasteiger partial charge is 0.496 e. The number of hydrogen-bond acceptors (Lipinski definition) is 2. The van der Waals surface area contributed by atoms with Crippen molar-refractivity contribution in [2.45, 2.75) is 32.2 Å². The van der Waals surface area contributed by atoms with Crippen LogP contribution in [0.15, 0.2) is 18.2 Å². The smallest absolute Gasteiger partial charge is 0.270 e. The number of benzene rings is 1. The molecule has 0 saturated heterocycles. The third kappa shape index (κ3) is 3.17. The van der Waals surface area contributed by atoms with E-state index in [2.05, 4.69) is 0 Å². The molecule has 0 aromatic heterocycles. The zero-order valence-corrected chi connectivity index (χ0v) is 9.76. The maximum atomic E-state index is 13.1. The number of rotatable bonds is 4. The third-order valence-corrected chi connectivity index (χ3v) is 2.33. The van der Waals surface area contributed by atoms with Gasteiger partial charge in [-0.2, -0.15) is 0 Å². The minimum atomic E-state index is -2.83. The first-order valence-electron chi connectivity index (χ1n) is 5.15. The monoisotopic (exact) mass is 229 g/mol. The van der Waals surface area contributed by atoms with Crippen LogP contribution < -0.4 is 10.5 Å². The van der Waals surface area contributed by atoms with Gasteiger partial charge in [-0.05, 0) is 37.1 Å². The highest BCUT2D eigenvalue weighted by Crippen LogP contribution is 2.31. The Hall–Kier alpha value is -1.16. The molecule has 90 valence electrons. The van der Waals surface area contributed by atoms with Crippen LogP contribution in [0.25, 0.3) is 0 Å². The zero-order chi connectivity index (χ0) is 12.3. The summed E-state index contributed by atoms with van der Waals surface area (Å²) in [4.78, 5) is 0. The highest BCUT2D eigenvalue weighted by atomic mass is 19.3. The molecule has 0 heterocycles. The van der Waals surface area contributed by atoms with E-state index in [-0.39, 0.29) is 11.6 Å². The Morgan fingerprint density at radius 3 is 2.50 bits per heavy atom. The Labute approximate surface area is 94.4 Å². The van der Waals surface area contributed by atoms with Crippen molar-refractivity contribution in [1.82, 2.24) is 0 Å². The SMILES string of the molecule is COc1ccc(C(C)(F)F)cc1CC(C)N. The third-order valence-electron chi connectivity index (χ3n) is 2.33. The van der Waals surface area contributed by atoms with Gasteiger partial charge in [0.05, 0.1) is 7.11 Å². The molecular formula is C12H17F2NO. The molecule has 0 aliphatic heterocycles. The number of alkyl halides is 2. The first-order chi connectivity index (χ1) is 7.34. The molecule has 2 nitrogen and oxygen atoms in total. The summed E-state index contributed by atoms with van der Waals surface area (Å²) < 4.78 is 31.4.